The summed E-state index contributed by atoms with van der Waals surface area (Å²) in [5, 5.41) is 11.8. The second-order valence-electron chi connectivity index (χ2n) is 5.72. The summed E-state index contributed by atoms with van der Waals surface area (Å²) in [4.78, 5) is 29.6. The standard InChI is InChI=1S/C17H18N2O4S/c1-11-2-4-12(5-3-11)8-15-18-13(10-24-15)16(20)19-6-7-23-9-14(19)17(21)22/h2-5,10,14H,6-9H2,1H3,(H,21,22). The van der Waals surface area contributed by atoms with Crippen LogP contribution in [0, 0.1) is 6.92 Å². The minimum atomic E-state index is -1.06. The van der Waals surface area contributed by atoms with Gasteiger partial charge < -0.3 is 14.7 Å². The van der Waals surface area contributed by atoms with Crippen molar-refractivity contribution in [3.05, 3.63) is 51.5 Å². The number of carbonyl (C=O) groups excluding carboxylic acids is 1. The Morgan fingerprint density at radius 3 is 2.83 bits per heavy atom. The van der Waals surface area contributed by atoms with E-state index in [1.807, 2.05) is 31.2 Å². The van der Waals surface area contributed by atoms with Crippen molar-refractivity contribution in [1.82, 2.24) is 9.88 Å². The van der Waals surface area contributed by atoms with Gasteiger partial charge in [0.1, 0.15) is 5.69 Å². The number of carboxylic acids is 1. The summed E-state index contributed by atoms with van der Waals surface area (Å²) in [6, 6.07) is 7.22. The molecule has 1 aromatic heterocycles. The lowest BCUT2D eigenvalue weighted by Gasteiger charge is -2.32. The molecule has 0 saturated carbocycles. The fourth-order valence-electron chi connectivity index (χ4n) is 2.57. The Morgan fingerprint density at radius 1 is 1.38 bits per heavy atom. The van der Waals surface area contributed by atoms with E-state index in [2.05, 4.69) is 4.98 Å². The lowest BCUT2D eigenvalue weighted by molar-refractivity contribution is -0.147. The number of nitrogens with zero attached hydrogens (tertiary/aromatic N) is 2. The average molecular weight is 346 g/mol. The van der Waals surface area contributed by atoms with Crippen LogP contribution in [0.5, 0.6) is 0 Å². The number of amides is 1. The molecule has 24 heavy (non-hydrogen) atoms. The number of hydrogen-bond donors (Lipinski definition) is 1. The highest BCUT2D eigenvalue weighted by atomic mass is 32.1. The molecule has 6 nitrogen and oxygen atoms in total. The monoisotopic (exact) mass is 346 g/mol. The van der Waals surface area contributed by atoms with E-state index in [-0.39, 0.29) is 19.1 Å². The Hall–Kier alpha value is -2.25. The van der Waals surface area contributed by atoms with Gasteiger partial charge in [-0.1, -0.05) is 29.8 Å². The second-order valence-corrected chi connectivity index (χ2v) is 6.66. The molecule has 0 bridgehead atoms. The highest BCUT2D eigenvalue weighted by molar-refractivity contribution is 7.09. The van der Waals surface area contributed by atoms with Crippen LogP contribution in [-0.4, -0.2) is 52.7 Å². The van der Waals surface area contributed by atoms with Crippen molar-refractivity contribution in [2.75, 3.05) is 19.8 Å². The molecule has 1 aromatic carbocycles. The van der Waals surface area contributed by atoms with Crippen molar-refractivity contribution in [2.24, 2.45) is 0 Å². The number of benzene rings is 1. The molecule has 126 valence electrons. The van der Waals surface area contributed by atoms with Crippen molar-refractivity contribution in [2.45, 2.75) is 19.4 Å². The van der Waals surface area contributed by atoms with Crippen molar-refractivity contribution >= 4 is 23.2 Å². The van der Waals surface area contributed by atoms with E-state index < -0.39 is 12.0 Å². The van der Waals surface area contributed by atoms with Crippen LogP contribution < -0.4 is 0 Å². The van der Waals surface area contributed by atoms with Crippen LogP contribution >= 0.6 is 11.3 Å². The van der Waals surface area contributed by atoms with Gasteiger partial charge in [0.25, 0.3) is 5.91 Å². The Bertz CT molecular complexity index is 741. The van der Waals surface area contributed by atoms with Crippen molar-refractivity contribution < 1.29 is 19.4 Å². The minimum Gasteiger partial charge on any atom is -0.480 e. The van der Waals surface area contributed by atoms with Crippen LogP contribution in [0.15, 0.2) is 29.6 Å². The zero-order chi connectivity index (χ0) is 17.1. The van der Waals surface area contributed by atoms with E-state index in [1.54, 1.807) is 5.38 Å². The molecule has 3 rings (SSSR count). The van der Waals surface area contributed by atoms with Gasteiger partial charge in [0.15, 0.2) is 6.04 Å². The number of aliphatic carboxylic acids is 1. The third-order valence-corrected chi connectivity index (χ3v) is 4.77. The molecule has 2 aromatic rings. The van der Waals surface area contributed by atoms with E-state index in [4.69, 9.17) is 4.74 Å². The summed E-state index contributed by atoms with van der Waals surface area (Å²) in [6.45, 7) is 2.66. The highest BCUT2D eigenvalue weighted by Gasteiger charge is 2.34. The summed E-state index contributed by atoms with van der Waals surface area (Å²) in [6.07, 6.45) is 0.656. The van der Waals surface area contributed by atoms with Crippen molar-refractivity contribution in [3.8, 4) is 0 Å². The number of thiazole rings is 1. The van der Waals surface area contributed by atoms with E-state index in [0.717, 1.165) is 10.6 Å². The van der Waals surface area contributed by atoms with Gasteiger partial charge in [-0.15, -0.1) is 11.3 Å². The first-order valence-electron chi connectivity index (χ1n) is 7.66. The summed E-state index contributed by atoms with van der Waals surface area (Å²) >= 11 is 1.41. The maximum Gasteiger partial charge on any atom is 0.328 e. The van der Waals surface area contributed by atoms with E-state index in [0.29, 0.717) is 18.7 Å². The number of hydrogen-bond acceptors (Lipinski definition) is 5. The van der Waals surface area contributed by atoms with Crippen LogP contribution in [0.2, 0.25) is 0 Å². The number of carboxylic acid groups (broad SMARTS) is 1. The highest BCUT2D eigenvalue weighted by Crippen LogP contribution is 2.18. The maximum absolute atomic E-state index is 12.6. The number of rotatable bonds is 4. The average Bonchev–Trinajstić information content (AvgIpc) is 3.05. The maximum atomic E-state index is 12.6. The Labute approximate surface area is 143 Å². The number of aryl methyl sites for hydroxylation is 1. The lowest BCUT2D eigenvalue weighted by atomic mass is 10.1. The van der Waals surface area contributed by atoms with Gasteiger partial charge in [-0.25, -0.2) is 9.78 Å². The molecule has 7 heteroatoms. The normalized spacial score (nSPS) is 17.7. The molecule has 1 N–H and O–H groups in total. The summed E-state index contributed by atoms with van der Waals surface area (Å²) in [7, 11) is 0. The van der Waals surface area contributed by atoms with Crippen LogP contribution in [0.4, 0.5) is 0 Å². The molecule has 1 unspecified atom stereocenters. The number of carbonyl (C=O) groups is 2. The van der Waals surface area contributed by atoms with Gasteiger partial charge in [0.2, 0.25) is 0 Å². The molecular weight excluding hydrogens is 328 g/mol. The van der Waals surface area contributed by atoms with Crippen molar-refractivity contribution in [3.63, 3.8) is 0 Å². The quantitative estimate of drug-likeness (QED) is 0.915. The number of morpholine rings is 1. The van der Waals surface area contributed by atoms with Crippen LogP contribution in [0.1, 0.15) is 26.6 Å². The molecule has 0 aliphatic carbocycles. The smallest absolute Gasteiger partial charge is 0.328 e. The van der Waals surface area contributed by atoms with Crippen LogP contribution in [0.3, 0.4) is 0 Å². The molecule has 1 fully saturated rings. The predicted octanol–water partition coefficient (Wildman–Crippen LogP) is 1.97. The Morgan fingerprint density at radius 2 is 2.12 bits per heavy atom. The first-order chi connectivity index (χ1) is 11.5. The molecule has 2 heterocycles. The molecule has 1 aliphatic rings. The minimum absolute atomic E-state index is 0.0153. The fourth-order valence-corrected chi connectivity index (χ4v) is 3.37. The third-order valence-electron chi connectivity index (χ3n) is 3.92. The molecule has 0 radical (unpaired) electrons. The topological polar surface area (TPSA) is 79.7 Å². The van der Waals surface area contributed by atoms with Crippen molar-refractivity contribution in [1.29, 1.82) is 0 Å². The van der Waals surface area contributed by atoms with Gasteiger partial charge in [0.05, 0.1) is 18.2 Å². The molecule has 1 amide bonds. The van der Waals surface area contributed by atoms with Gasteiger partial charge in [-0.2, -0.15) is 0 Å². The first kappa shape index (κ1) is 16.6. The van der Waals surface area contributed by atoms with Crippen LogP contribution in [0.25, 0.3) is 0 Å². The molecule has 1 saturated heterocycles. The Kier molecular flexibility index (Phi) is 4.92. The second kappa shape index (κ2) is 7.11. The largest absolute Gasteiger partial charge is 0.480 e. The van der Waals surface area contributed by atoms with Gasteiger partial charge in [-0.3, -0.25) is 4.79 Å². The van der Waals surface area contributed by atoms with E-state index >= 15 is 0 Å². The Balaban J connectivity index is 1.73. The molecule has 1 aliphatic heterocycles. The number of ether oxygens (including phenoxy) is 1. The zero-order valence-corrected chi connectivity index (χ0v) is 14.1. The first-order valence-corrected chi connectivity index (χ1v) is 8.54. The summed E-state index contributed by atoms with van der Waals surface area (Å²) in [5.41, 5.74) is 2.62. The van der Waals surface area contributed by atoms with E-state index in [1.165, 1.54) is 21.8 Å². The fraction of sp³-hybridized carbons (Fsp3) is 0.353. The summed E-state index contributed by atoms with van der Waals surface area (Å²) < 4.78 is 5.16. The lowest BCUT2D eigenvalue weighted by Crippen LogP contribution is -2.52. The summed E-state index contributed by atoms with van der Waals surface area (Å²) in [5.74, 6) is -1.41. The van der Waals surface area contributed by atoms with Crippen LogP contribution in [-0.2, 0) is 16.0 Å². The zero-order valence-electron chi connectivity index (χ0n) is 13.3. The molecule has 0 spiro atoms. The third kappa shape index (κ3) is 3.63. The predicted molar refractivity (Wildman–Crippen MR) is 89.4 cm³/mol. The van der Waals surface area contributed by atoms with Gasteiger partial charge in [-0.05, 0) is 12.5 Å². The SMILES string of the molecule is Cc1ccc(Cc2nc(C(=O)N3CCOCC3C(=O)O)cs2)cc1. The molecule has 1 atom stereocenters. The molecular formula is C17H18N2O4S. The van der Waals surface area contributed by atoms with E-state index in [9.17, 15) is 14.7 Å². The van der Waals surface area contributed by atoms with Gasteiger partial charge in [0, 0.05) is 18.3 Å². The van der Waals surface area contributed by atoms with Gasteiger partial charge >= 0.3 is 5.97 Å². The number of aromatic nitrogens is 1.